The molecule has 0 bridgehead atoms. The first-order valence-electron chi connectivity index (χ1n) is 10.9. The van der Waals surface area contributed by atoms with Crippen molar-refractivity contribution in [3.63, 3.8) is 0 Å². The second-order valence-corrected chi connectivity index (χ2v) is 8.29. The van der Waals surface area contributed by atoms with Crippen LogP contribution >= 0.6 is 0 Å². The van der Waals surface area contributed by atoms with E-state index in [0.717, 1.165) is 29.0 Å². The van der Waals surface area contributed by atoms with Gasteiger partial charge in [0, 0.05) is 24.6 Å². The van der Waals surface area contributed by atoms with E-state index in [1.165, 1.54) is 18.4 Å². The van der Waals surface area contributed by atoms with E-state index in [4.69, 9.17) is 4.98 Å². The van der Waals surface area contributed by atoms with E-state index in [1.807, 2.05) is 52.8 Å². The van der Waals surface area contributed by atoms with E-state index in [-0.39, 0.29) is 23.7 Å². The molecule has 0 spiro atoms. The molecule has 2 aromatic carbocycles. The zero-order chi connectivity index (χ0) is 21.3. The number of benzene rings is 2. The number of unbranched alkanes of at least 4 members (excludes halogenated alkanes) is 1. The monoisotopic (exact) mass is 403 g/mol. The van der Waals surface area contributed by atoms with Crippen molar-refractivity contribution < 1.29 is 9.59 Å². The van der Waals surface area contributed by atoms with Crippen LogP contribution in [0.5, 0.6) is 0 Å². The first-order valence-corrected chi connectivity index (χ1v) is 10.9. The van der Waals surface area contributed by atoms with Gasteiger partial charge in [-0.1, -0.05) is 37.6 Å². The van der Waals surface area contributed by atoms with E-state index in [0.29, 0.717) is 13.0 Å². The summed E-state index contributed by atoms with van der Waals surface area (Å²) in [5.41, 5.74) is 4.05. The number of aromatic nitrogens is 2. The third kappa shape index (κ3) is 3.76. The van der Waals surface area contributed by atoms with Crippen molar-refractivity contribution in [2.45, 2.75) is 58.4 Å². The predicted octanol–water partition coefficient (Wildman–Crippen LogP) is 5.05. The summed E-state index contributed by atoms with van der Waals surface area (Å²) in [4.78, 5) is 31.7. The molecule has 3 aromatic rings. The summed E-state index contributed by atoms with van der Waals surface area (Å²) in [5, 5.41) is 0. The van der Waals surface area contributed by atoms with Crippen molar-refractivity contribution >= 4 is 28.4 Å². The smallest absolute Gasteiger partial charge is 0.227 e. The Morgan fingerprint density at radius 1 is 1.17 bits per heavy atom. The van der Waals surface area contributed by atoms with Crippen molar-refractivity contribution in [1.82, 2.24) is 9.55 Å². The van der Waals surface area contributed by atoms with Crippen molar-refractivity contribution in [2.24, 2.45) is 0 Å². The molecule has 1 aromatic heterocycles. The summed E-state index contributed by atoms with van der Waals surface area (Å²) in [6.45, 7) is 6.29. The van der Waals surface area contributed by atoms with Crippen LogP contribution < -0.4 is 4.90 Å². The van der Waals surface area contributed by atoms with Crippen molar-refractivity contribution in [3.05, 3.63) is 59.9 Å². The summed E-state index contributed by atoms with van der Waals surface area (Å²) in [6, 6.07) is 15.9. The molecular formula is C25H29N3O2. The maximum atomic E-state index is 12.9. The van der Waals surface area contributed by atoms with Crippen LogP contribution in [0.4, 0.5) is 5.69 Å². The van der Waals surface area contributed by atoms with Gasteiger partial charge in [0.05, 0.1) is 17.1 Å². The van der Waals surface area contributed by atoms with Crippen LogP contribution in [0.15, 0.2) is 48.5 Å². The third-order valence-electron chi connectivity index (χ3n) is 6.16. The number of amides is 1. The highest BCUT2D eigenvalue weighted by Gasteiger charge is 2.35. The van der Waals surface area contributed by atoms with Gasteiger partial charge in [-0.15, -0.1) is 0 Å². The molecule has 2 heterocycles. The van der Waals surface area contributed by atoms with Crippen molar-refractivity contribution in [1.29, 1.82) is 0 Å². The fourth-order valence-corrected chi connectivity index (χ4v) is 4.29. The van der Waals surface area contributed by atoms with Gasteiger partial charge in [-0.2, -0.15) is 0 Å². The lowest BCUT2D eigenvalue weighted by Crippen LogP contribution is -2.25. The summed E-state index contributed by atoms with van der Waals surface area (Å²) >= 11 is 0. The number of carbonyl (C=O) groups is 2. The normalized spacial score (nSPS) is 17.6. The third-order valence-corrected chi connectivity index (χ3v) is 6.16. The second kappa shape index (κ2) is 8.42. The Morgan fingerprint density at radius 3 is 2.60 bits per heavy atom. The lowest BCUT2D eigenvalue weighted by molar-refractivity contribution is -0.119. The number of fused-ring (bicyclic) bond motifs is 1. The molecule has 1 amide bonds. The van der Waals surface area contributed by atoms with Crippen molar-refractivity contribution in [3.8, 4) is 0 Å². The van der Waals surface area contributed by atoms with Gasteiger partial charge in [-0.25, -0.2) is 4.98 Å². The van der Waals surface area contributed by atoms with Gasteiger partial charge in [0.2, 0.25) is 5.91 Å². The Balaban J connectivity index is 1.63. The van der Waals surface area contributed by atoms with Crippen LogP contribution in [-0.2, 0) is 16.0 Å². The molecule has 2 atom stereocenters. The molecule has 5 nitrogen and oxygen atoms in total. The molecule has 1 aliphatic rings. The average molecular weight is 404 g/mol. The number of hydrogen-bond acceptors (Lipinski definition) is 3. The van der Waals surface area contributed by atoms with Crippen LogP contribution in [-0.4, -0.2) is 27.8 Å². The summed E-state index contributed by atoms with van der Waals surface area (Å²) in [5.74, 6) is 0.986. The lowest BCUT2D eigenvalue weighted by Gasteiger charge is -2.19. The largest absolute Gasteiger partial charge is 0.317 e. The quantitative estimate of drug-likeness (QED) is 0.555. The van der Waals surface area contributed by atoms with Crippen LogP contribution in [0.25, 0.3) is 11.0 Å². The Bertz CT molecular complexity index is 1070. The van der Waals surface area contributed by atoms with Crippen LogP contribution in [0.2, 0.25) is 0 Å². The Hall–Kier alpha value is -2.95. The van der Waals surface area contributed by atoms with Gasteiger partial charge >= 0.3 is 0 Å². The lowest BCUT2D eigenvalue weighted by atomic mass is 10.1. The molecular weight excluding hydrogens is 374 g/mol. The molecule has 2 unspecified atom stereocenters. The fraction of sp³-hybridized carbons (Fsp3) is 0.400. The average Bonchev–Trinajstić information content (AvgIpc) is 3.32. The van der Waals surface area contributed by atoms with Crippen LogP contribution in [0.1, 0.15) is 63.4 Å². The number of imidazole rings is 1. The summed E-state index contributed by atoms with van der Waals surface area (Å²) < 4.78 is 2.02. The number of hydrogen-bond donors (Lipinski definition) is 0. The van der Waals surface area contributed by atoms with E-state index < -0.39 is 0 Å². The zero-order valence-corrected chi connectivity index (χ0v) is 18.0. The van der Waals surface area contributed by atoms with E-state index in [1.54, 1.807) is 6.92 Å². The first kappa shape index (κ1) is 20.3. The molecule has 156 valence electrons. The minimum Gasteiger partial charge on any atom is -0.317 e. The number of carbonyl (C=O) groups excluding carboxylic acids is 2. The molecule has 0 saturated carbocycles. The topological polar surface area (TPSA) is 55.2 Å². The number of nitrogens with zero attached hydrogens (tertiary/aromatic N) is 3. The molecule has 5 heteroatoms. The highest BCUT2D eigenvalue weighted by atomic mass is 16.2. The maximum absolute atomic E-state index is 12.9. The highest BCUT2D eigenvalue weighted by molar-refractivity contribution is 5.96. The summed E-state index contributed by atoms with van der Waals surface area (Å²) in [7, 11) is 0. The van der Waals surface area contributed by atoms with E-state index in [9.17, 15) is 9.59 Å². The Kier molecular flexibility index (Phi) is 5.71. The molecule has 0 aliphatic carbocycles. The molecule has 30 heavy (non-hydrogen) atoms. The van der Waals surface area contributed by atoms with Gasteiger partial charge in [0.25, 0.3) is 0 Å². The van der Waals surface area contributed by atoms with Gasteiger partial charge < -0.3 is 9.47 Å². The standard InChI is InChI=1S/C25H29N3O2/c1-4-5-8-19-11-13-21(14-12-19)27-16-20(15-24(27)30)25-26-22-9-6-7-10-23(22)28(25)17(2)18(3)29/h6-7,9-14,17,20H,4-5,8,15-16H2,1-3H3. The van der Waals surface area contributed by atoms with Gasteiger partial charge in [0.15, 0.2) is 5.78 Å². The number of para-hydroxylation sites is 2. The molecule has 1 saturated heterocycles. The molecule has 4 rings (SSSR count). The first-order chi connectivity index (χ1) is 14.5. The zero-order valence-electron chi connectivity index (χ0n) is 18.0. The minimum absolute atomic E-state index is 0.0357. The van der Waals surface area contributed by atoms with E-state index in [2.05, 4.69) is 19.1 Å². The Labute approximate surface area is 177 Å². The maximum Gasteiger partial charge on any atom is 0.227 e. The molecule has 1 fully saturated rings. The van der Waals surface area contributed by atoms with E-state index >= 15 is 0 Å². The predicted molar refractivity (Wildman–Crippen MR) is 120 cm³/mol. The van der Waals surface area contributed by atoms with Gasteiger partial charge in [0.1, 0.15) is 5.82 Å². The number of Topliss-reactive ketones (excluding diaryl/α,β-unsaturated/α-hetero) is 1. The van der Waals surface area contributed by atoms with Crippen LogP contribution in [0, 0.1) is 0 Å². The van der Waals surface area contributed by atoms with Crippen LogP contribution in [0.3, 0.4) is 0 Å². The molecule has 0 radical (unpaired) electrons. The molecule has 1 aliphatic heterocycles. The number of anilines is 1. The second-order valence-electron chi connectivity index (χ2n) is 8.29. The number of rotatable bonds is 7. The SMILES string of the molecule is CCCCc1ccc(N2CC(c3nc4ccccc4n3C(C)C(C)=O)CC2=O)cc1. The summed E-state index contributed by atoms with van der Waals surface area (Å²) in [6.07, 6.45) is 3.83. The van der Waals surface area contributed by atoms with Crippen molar-refractivity contribution in [2.75, 3.05) is 11.4 Å². The highest BCUT2D eigenvalue weighted by Crippen LogP contribution is 2.35. The Morgan fingerprint density at radius 2 is 1.90 bits per heavy atom. The fourth-order valence-electron chi connectivity index (χ4n) is 4.29. The minimum atomic E-state index is -0.311. The molecule has 0 N–H and O–H groups in total. The number of aryl methyl sites for hydroxylation is 1. The van der Waals surface area contributed by atoms with Gasteiger partial charge in [-0.3, -0.25) is 9.59 Å². The number of ketones is 1. The van der Waals surface area contributed by atoms with Gasteiger partial charge in [-0.05, 0) is 56.5 Å².